The van der Waals surface area contributed by atoms with Gasteiger partial charge in [0.15, 0.2) is 10.6 Å². The van der Waals surface area contributed by atoms with Crippen LogP contribution in [0.1, 0.15) is 0 Å². The van der Waals surface area contributed by atoms with Crippen LogP contribution in [0.15, 0.2) is 42.7 Å². The van der Waals surface area contributed by atoms with Crippen LogP contribution in [0.4, 0.5) is 5.95 Å². The fourth-order valence-corrected chi connectivity index (χ4v) is 3.47. The van der Waals surface area contributed by atoms with E-state index in [9.17, 15) is 0 Å². The maximum Gasteiger partial charge on any atom is 0.225 e. The van der Waals surface area contributed by atoms with Crippen molar-refractivity contribution < 1.29 is 0 Å². The summed E-state index contributed by atoms with van der Waals surface area (Å²) in [5.74, 6) is 1.63. The molecule has 3 aromatic rings. The molecule has 9 heteroatoms. The van der Waals surface area contributed by atoms with Crippen LogP contribution in [-0.2, 0) is 13.7 Å². The van der Waals surface area contributed by atoms with Gasteiger partial charge in [-0.3, -0.25) is 4.90 Å². The molecule has 7 nitrogen and oxygen atoms in total. The fourth-order valence-electron chi connectivity index (χ4n) is 3.16. The van der Waals surface area contributed by atoms with Crippen molar-refractivity contribution in [3.05, 3.63) is 52.5 Å². The maximum atomic E-state index is 5.99. The summed E-state index contributed by atoms with van der Waals surface area (Å²) in [7, 11) is 1.94. The largest absolute Gasteiger partial charge is 0.338 e. The Kier molecular flexibility index (Phi) is 5.20. The Hall–Kier alpha value is -2.29. The highest BCUT2D eigenvalue weighted by Crippen LogP contribution is 2.20. The molecule has 2 aromatic heterocycles. The third-order valence-corrected chi connectivity index (χ3v) is 5.42. The molecule has 0 N–H and O–H groups in total. The SMILES string of the molecule is Cn1c(-c2ccc(Cl)cc2)nn(CN2CCN(c3ncccn3)CC2)c1=S. The Morgan fingerprint density at radius 3 is 2.37 bits per heavy atom. The molecule has 0 aliphatic carbocycles. The summed E-state index contributed by atoms with van der Waals surface area (Å²) in [6, 6.07) is 9.49. The molecule has 1 aliphatic heterocycles. The van der Waals surface area contributed by atoms with Crippen molar-refractivity contribution in [2.24, 2.45) is 7.05 Å². The van der Waals surface area contributed by atoms with Gasteiger partial charge in [-0.2, -0.15) is 5.10 Å². The molecule has 1 aromatic carbocycles. The van der Waals surface area contributed by atoms with Gasteiger partial charge in [0.2, 0.25) is 5.95 Å². The lowest BCUT2D eigenvalue weighted by Gasteiger charge is -2.34. The smallest absolute Gasteiger partial charge is 0.225 e. The van der Waals surface area contributed by atoms with E-state index in [4.69, 9.17) is 28.9 Å². The highest BCUT2D eigenvalue weighted by atomic mass is 35.5. The molecule has 0 saturated carbocycles. The number of halogens is 1. The Labute approximate surface area is 167 Å². The minimum atomic E-state index is 0.670. The molecular formula is C18H20ClN7S. The zero-order chi connectivity index (χ0) is 18.8. The van der Waals surface area contributed by atoms with Crippen molar-refractivity contribution in [1.29, 1.82) is 0 Å². The van der Waals surface area contributed by atoms with E-state index in [0.29, 0.717) is 16.5 Å². The first kappa shape index (κ1) is 18.1. The van der Waals surface area contributed by atoms with Crippen molar-refractivity contribution >= 4 is 29.8 Å². The molecule has 0 unspecified atom stereocenters. The van der Waals surface area contributed by atoms with Gasteiger partial charge in [0.25, 0.3) is 0 Å². The van der Waals surface area contributed by atoms with E-state index in [-0.39, 0.29) is 0 Å². The number of hydrogen-bond acceptors (Lipinski definition) is 6. The van der Waals surface area contributed by atoms with Gasteiger partial charge in [-0.25, -0.2) is 14.6 Å². The molecule has 1 fully saturated rings. The summed E-state index contributed by atoms with van der Waals surface area (Å²) in [5, 5.41) is 5.44. The molecule has 27 heavy (non-hydrogen) atoms. The van der Waals surface area contributed by atoms with Gasteiger partial charge in [-0.1, -0.05) is 11.6 Å². The zero-order valence-electron chi connectivity index (χ0n) is 15.0. The van der Waals surface area contributed by atoms with Crippen LogP contribution in [0.3, 0.4) is 0 Å². The van der Waals surface area contributed by atoms with Gasteiger partial charge in [-0.05, 0) is 42.5 Å². The first-order valence-corrected chi connectivity index (χ1v) is 9.54. The summed E-state index contributed by atoms with van der Waals surface area (Å²) in [6.07, 6.45) is 3.56. The molecule has 0 bridgehead atoms. The Morgan fingerprint density at radius 2 is 1.70 bits per heavy atom. The fraction of sp³-hybridized carbons (Fsp3) is 0.333. The lowest BCUT2D eigenvalue weighted by atomic mass is 10.2. The van der Waals surface area contributed by atoms with E-state index >= 15 is 0 Å². The summed E-state index contributed by atoms with van der Waals surface area (Å²) >= 11 is 11.6. The first-order valence-electron chi connectivity index (χ1n) is 8.76. The Balaban J connectivity index is 1.45. The molecule has 140 valence electrons. The average Bonchev–Trinajstić information content (AvgIpc) is 2.98. The highest BCUT2D eigenvalue weighted by molar-refractivity contribution is 7.71. The summed E-state index contributed by atoms with van der Waals surface area (Å²) in [6.45, 7) is 4.26. The quantitative estimate of drug-likeness (QED) is 0.626. The Bertz CT molecular complexity index is 960. The summed E-state index contributed by atoms with van der Waals surface area (Å²) in [5.41, 5.74) is 0.998. The second-order valence-corrected chi connectivity index (χ2v) is 7.27. The van der Waals surface area contributed by atoms with Gasteiger partial charge < -0.3 is 9.47 Å². The van der Waals surface area contributed by atoms with E-state index in [1.165, 1.54) is 0 Å². The molecule has 0 spiro atoms. The summed E-state index contributed by atoms with van der Waals surface area (Å²) in [4.78, 5) is 13.2. The van der Waals surface area contributed by atoms with E-state index in [0.717, 1.165) is 43.5 Å². The van der Waals surface area contributed by atoms with Crippen LogP contribution in [0, 0.1) is 4.77 Å². The third-order valence-electron chi connectivity index (χ3n) is 4.68. The molecule has 4 rings (SSSR count). The average molecular weight is 402 g/mol. The van der Waals surface area contributed by atoms with Crippen LogP contribution in [0.5, 0.6) is 0 Å². The maximum absolute atomic E-state index is 5.99. The van der Waals surface area contributed by atoms with Crippen LogP contribution in [-0.4, -0.2) is 55.4 Å². The zero-order valence-corrected chi connectivity index (χ0v) is 16.6. The monoisotopic (exact) mass is 401 g/mol. The lowest BCUT2D eigenvalue weighted by molar-refractivity contribution is 0.193. The van der Waals surface area contributed by atoms with E-state index < -0.39 is 0 Å². The van der Waals surface area contributed by atoms with Gasteiger partial charge in [0.05, 0.1) is 6.67 Å². The van der Waals surface area contributed by atoms with E-state index in [1.54, 1.807) is 12.4 Å². The molecular weight excluding hydrogens is 382 g/mol. The second kappa shape index (κ2) is 7.75. The number of nitrogens with zero attached hydrogens (tertiary/aromatic N) is 7. The highest BCUT2D eigenvalue weighted by Gasteiger charge is 2.20. The van der Waals surface area contributed by atoms with Crippen LogP contribution < -0.4 is 4.90 Å². The molecule has 0 radical (unpaired) electrons. The number of aromatic nitrogens is 5. The minimum absolute atomic E-state index is 0.670. The second-order valence-electron chi connectivity index (χ2n) is 6.47. The van der Waals surface area contributed by atoms with Crippen LogP contribution in [0.2, 0.25) is 5.02 Å². The van der Waals surface area contributed by atoms with E-state index in [2.05, 4.69) is 19.8 Å². The lowest BCUT2D eigenvalue weighted by Crippen LogP contribution is -2.47. The molecule has 1 saturated heterocycles. The molecule has 0 amide bonds. The third kappa shape index (κ3) is 3.87. The number of hydrogen-bond donors (Lipinski definition) is 0. The summed E-state index contributed by atoms with van der Waals surface area (Å²) < 4.78 is 4.52. The van der Waals surface area contributed by atoms with Crippen molar-refractivity contribution in [2.45, 2.75) is 6.67 Å². The van der Waals surface area contributed by atoms with Crippen molar-refractivity contribution in [3.8, 4) is 11.4 Å². The molecule has 1 aliphatic rings. The molecule has 3 heterocycles. The number of anilines is 1. The number of benzene rings is 1. The van der Waals surface area contributed by atoms with Crippen molar-refractivity contribution in [1.82, 2.24) is 29.2 Å². The van der Waals surface area contributed by atoms with Gasteiger partial charge >= 0.3 is 0 Å². The Morgan fingerprint density at radius 1 is 1.04 bits per heavy atom. The van der Waals surface area contributed by atoms with Crippen LogP contribution >= 0.6 is 23.8 Å². The normalized spacial score (nSPS) is 15.3. The van der Waals surface area contributed by atoms with E-state index in [1.807, 2.05) is 46.6 Å². The van der Waals surface area contributed by atoms with Crippen molar-refractivity contribution in [2.75, 3.05) is 31.1 Å². The van der Waals surface area contributed by atoms with Gasteiger partial charge in [-0.15, -0.1) is 0 Å². The predicted molar refractivity (Wildman–Crippen MR) is 108 cm³/mol. The standard InChI is InChI=1S/C18H20ClN7S/c1-23-16(14-3-5-15(19)6-4-14)22-26(18(23)27)13-24-9-11-25(12-10-24)17-20-7-2-8-21-17/h2-8H,9-13H2,1H3. The van der Waals surface area contributed by atoms with Gasteiger partial charge in [0.1, 0.15) is 0 Å². The first-order chi connectivity index (χ1) is 13.1. The van der Waals surface area contributed by atoms with Gasteiger partial charge in [0, 0.05) is 56.2 Å². The molecule has 0 atom stereocenters. The topological polar surface area (TPSA) is 55.0 Å². The van der Waals surface area contributed by atoms with Crippen molar-refractivity contribution in [3.63, 3.8) is 0 Å². The predicted octanol–water partition coefficient (Wildman–Crippen LogP) is 2.84. The number of rotatable bonds is 4. The number of piperazine rings is 1. The van der Waals surface area contributed by atoms with Crippen LogP contribution in [0.25, 0.3) is 11.4 Å². The minimum Gasteiger partial charge on any atom is -0.338 e.